The van der Waals surface area contributed by atoms with Crippen LogP contribution in [0.4, 0.5) is 11.8 Å². The summed E-state index contributed by atoms with van der Waals surface area (Å²) < 4.78 is 5.43. The number of benzene rings is 2. The number of fused-ring (bicyclic) bond motifs is 1. The Morgan fingerprint density at radius 2 is 1.83 bits per heavy atom. The van der Waals surface area contributed by atoms with Gasteiger partial charge in [-0.1, -0.05) is 36.4 Å². The Labute approximate surface area is 141 Å². The third-order valence-corrected chi connectivity index (χ3v) is 3.64. The topological polar surface area (TPSA) is 85.1 Å². The molecule has 2 aromatic carbocycles. The number of hydrogen-bond donors (Lipinski definition) is 3. The fourth-order valence-electron chi connectivity index (χ4n) is 2.47. The van der Waals surface area contributed by atoms with Crippen molar-refractivity contribution < 1.29 is 4.74 Å². The molecule has 3 rings (SSSR count). The van der Waals surface area contributed by atoms with Crippen molar-refractivity contribution in [2.24, 2.45) is 5.73 Å². The maximum Gasteiger partial charge on any atom is 0.225 e. The van der Waals surface area contributed by atoms with Gasteiger partial charge in [-0.2, -0.15) is 4.98 Å². The quantitative estimate of drug-likeness (QED) is 0.620. The lowest BCUT2D eigenvalue weighted by Crippen LogP contribution is -2.15. The van der Waals surface area contributed by atoms with Gasteiger partial charge in [-0.15, -0.1) is 0 Å². The first-order valence-electron chi connectivity index (χ1n) is 7.88. The van der Waals surface area contributed by atoms with E-state index in [1.807, 2.05) is 36.4 Å². The van der Waals surface area contributed by atoms with Crippen LogP contribution in [-0.2, 0) is 6.54 Å². The molecule has 0 aliphatic rings. The summed E-state index contributed by atoms with van der Waals surface area (Å²) in [6.07, 6.45) is 0. The van der Waals surface area contributed by atoms with E-state index in [9.17, 15) is 0 Å². The van der Waals surface area contributed by atoms with Gasteiger partial charge in [0, 0.05) is 25.0 Å². The third kappa shape index (κ3) is 3.55. The Kier molecular flexibility index (Phi) is 5.08. The Hall–Kier alpha value is -2.86. The Morgan fingerprint density at radius 1 is 1.00 bits per heavy atom. The zero-order valence-corrected chi connectivity index (χ0v) is 13.6. The number of para-hydroxylation sites is 1. The van der Waals surface area contributed by atoms with Gasteiger partial charge in [-0.05, 0) is 17.7 Å². The van der Waals surface area contributed by atoms with Crippen molar-refractivity contribution >= 4 is 22.7 Å². The Bertz CT molecular complexity index is 807. The maximum absolute atomic E-state index is 5.56. The van der Waals surface area contributed by atoms with Crippen LogP contribution in [0.3, 0.4) is 0 Å². The van der Waals surface area contributed by atoms with Crippen LogP contribution in [0, 0.1) is 0 Å². The molecule has 124 valence electrons. The lowest BCUT2D eigenvalue weighted by molar-refractivity contribution is 0.419. The molecule has 0 atom stereocenters. The van der Waals surface area contributed by atoms with Crippen LogP contribution >= 0.6 is 0 Å². The maximum atomic E-state index is 5.56. The SMILES string of the molecule is COc1cccc2c(NCc3ccccc3)nc(NCCN)nc12. The van der Waals surface area contributed by atoms with Gasteiger partial charge in [0.05, 0.1) is 7.11 Å². The molecule has 0 saturated carbocycles. The largest absolute Gasteiger partial charge is 0.494 e. The molecule has 6 heteroatoms. The first-order chi connectivity index (χ1) is 11.8. The first-order valence-corrected chi connectivity index (χ1v) is 7.88. The van der Waals surface area contributed by atoms with Gasteiger partial charge < -0.3 is 21.1 Å². The first kappa shape index (κ1) is 16.0. The molecule has 1 heterocycles. The third-order valence-electron chi connectivity index (χ3n) is 3.64. The van der Waals surface area contributed by atoms with Crippen molar-refractivity contribution in [3.63, 3.8) is 0 Å². The van der Waals surface area contributed by atoms with Gasteiger partial charge in [0.1, 0.15) is 17.1 Å². The van der Waals surface area contributed by atoms with Gasteiger partial charge in [0.25, 0.3) is 0 Å². The summed E-state index contributed by atoms with van der Waals surface area (Å²) in [7, 11) is 1.64. The standard InChI is InChI=1S/C18H21N5O/c1-24-15-9-5-8-14-16(15)22-18(20-11-10-19)23-17(14)21-12-13-6-3-2-4-7-13/h2-9H,10-12,19H2,1H3,(H2,20,21,22,23). The predicted molar refractivity (Wildman–Crippen MR) is 97.4 cm³/mol. The summed E-state index contributed by atoms with van der Waals surface area (Å²) in [5.74, 6) is 2.02. The van der Waals surface area contributed by atoms with Crippen molar-refractivity contribution in [1.82, 2.24) is 9.97 Å². The van der Waals surface area contributed by atoms with E-state index < -0.39 is 0 Å². The lowest BCUT2D eigenvalue weighted by atomic mass is 10.2. The van der Waals surface area contributed by atoms with Gasteiger partial charge in [0.2, 0.25) is 5.95 Å². The number of hydrogen-bond acceptors (Lipinski definition) is 6. The molecule has 0 radical (unpaired) electrons. The second-order valence-electron chi connectivity index (χ2n) is 5.31. The molecule has 0 spiro atoms. The van der Waals surface area contributed by atoms with Crippen molar-refractivity contribution in [3.8, 4) is 5.75 Å². The Balaban J connectivity index is 1.97. The number of nitrogens with zero attached hydrogens (tertiary/aromatic N) is 2. The molecule has 0 saturated heterocycles. The molecule has 0 unspecified atom stereocenters. The molecular formula is C18H21N5O. The number of anilines is 2. The summed E-state index contributed by atoms with van der Waals surface area (Å²) >= 11 is 0. The molecule has 4 N–H and O–H groups in total. The molecule has 1 aromatic heterocycles. The summed E-state index contributed by atoms with van der Waals surface area (Å²) in [4.78, 5) is 9.14. The molecule has 3 aromatic rings. The van der Waals surface area contributed by atoms with Crippen LogP contribution in [0.2, 0.25) is 0 Å². The highest BCUT2D eigenvalue weighted by molar-refractivity contribution is 5.94. The van der Waals surface area contributed by atoms with Crippen LogP contribution in [0.15, 0.2) is 48.5 Å². The fraction of sp³-hybridized carbons (Fsp3) is 0.222. The van der Waals surface area contributed by atoms with Crippen molar-refractivity contribution in [3.05, 3.63) is 54.1 Å². The highest BCUT2D eigenvalue weighted by Gasteiger charge is 2.11. The number of nitrogens with two attached hydrogens (primary N) is 1. The summed E-state index contributed by atoms with van der Waals surface area (Å²) in [5.41, 5.74) is 7.51. The molecule has 0 aliphatic carbocycles. The average Bonchev–Trinajstić information content (AvgIpc) is 2.64. The zero-order chi connectivity index (χ0) is 16.8. The van der Waals surface area contributed by atoms with Crippen LogP contribution in [0.25, 0.3) is 10.9 Å². The highest BCUT2D eigenvalue weighted by atomic mass is 16.5. The molecule has 0 bridgehead atoms. The summed E-state index contributed by atoms with van der Waals surface area (Å²) in [6.45, 7) is 1.80. The average molecular weight is 323 g/mol. The minimum absolute atomic E-state index is 0.514. The predicted octanol–water partition coefficient (Wildman–Crippen LogP) is 2.62. The van der Waals surface area contributed by atoms with Crippen molar-refractivity contribution in [2.45, 2.75) is 6.54 Å². The molecule has 0 amide bonds. The van der Waals surface area contributed by atoms with Gasteiger partial charge in [-0.3, -0.25) is 0 Å². The number of ether oxygens (including phenoxy) is 1. The van der Waals surface area contributed by atoms with Gasteiger partial charge in [-0.25, -0.2) is 4.98 Å². The van der Waals surface area contributed by atoms with Gasteiger partial charge in [0.15, 0.2) is 0 Å². The van der Waals surface area contributed by atoms with E-state index in [-0.39, 0.29) is 0 Å². The number of nitrogens with one attached hydrogen (secondary N) is 2. The van der Waals surface area contributed by atoms with Gasteiger partial charge >= 0.3 is 0 Å². The molecule has 6 nitrogen and oxygen atoms in total. The fourth-order valence-corrected chi connectivity index (χ4v) is 2.47. The second kappa shape index (κ2) is 7.61. The smallest absolute Gasteiger partial charge is 0.225 e. The van der Waals surface area contributed by atoms with E-state index in [1.165, 1.54) is 5.56 Å². The number of methoxy groups -OCH3 is 1. The number of aromatic nitrogens is 2. The van der Waals surface area contributed by atoms with E-state index in [2.05, 4.69) is 32.7 Å². The minimum atomic E-state index is 0.514. The molecular weight excluding hydrogens is 302 g/mol. The highest BCUT2D eigenvalue weighted by Crippen LogP contribution is 2.29. The van der Waals surface area contributed by atoms with Crippen LogP contribution in [-0.4, -0.2) is 30.2 Å². The zero-order valence-electron chi connectivity index (χ0n) is 13.6. The second-order valence-corrected chi connectivity index (χ2v) is 5.31. The monoisotopic (exact) mass is 323 g/mol. The van der Waals surface area contributed by atoms with E-state index in [4.69, 9.17) is 10.5 Å². The Morgan fingerprint density at radius 3 is 2.58 bits per heavy atom. The number of rotatable bonds is 7. The summed E-state index contributed by atoms with van der Waals surface area (Å²) in [6, 6.07) is 16.0. The lowest BCUT2D eigenvalue weighted by Gasteiger charge is -2.13. The summed E-state index contributed by atoms with van der Waals surface area (Å²) in [5, 5.41) is 7.45. The van der Waals surface area contributed by atoms with E-state index in [1.54, 1.807) is 7.11 Å². The van der Waals surface area contributed by atoms with Crippen molar-refractivity contribution in [1.29, 1.82) is 0 Å². The van der Waals surface area contributed by atoms with E-state index in [0.717, 1.165) is 16.7 Å². The van der Waals surface area contributed by atoms with Crippen LogP contribution < -0.4 is 21.1 Å². The normalized spacial score (nSPS) is 10.6. The molecule has 0 aliphatic heterocycles. The molecule has 0 fully saturated rings. The minimum Gasteiger partial charge on any atom is -0.494 e. The molecule has 24 heavy (non-hydrogen) atoms. The van der Waals surface area contributed by atoms with Crippen LogP contribution in [0.1, 0.15) is 5.56 Å². The van der Waals surface area contributed by atoms with Crippen molar-refractivity contribution in [2.75, 3.05) is 30.8 Å². The van der Waals surface area contributed by atoms with E-state index in [0.29, 0.717) is 31.3 Å². The van der Waals surface area contributed by atoms with Crippen LogP contribution in [0.5, 0.6) is 5.75 Å². The van der Waals surface area contributed by atoms with E-state index >= 15 is 0 Å².